The highest BCUT2D eigenvalue weighted by atomic mass is 16.2. The number of rotatable bonds is 6. The van der Waals surface area contributed by atoms with E-state index in [1.54, 1.807) is 17.0 Å². The van der Waals surface area contributed by atoms with E-state index in [-0.39, 0.29) is 11.8 Å². The zero-order chi connectivity index (χ0) is 15.5. The summed E-state index contributed by atoms with van der Waals surface area (Å²) in [5.41, 5.74) is 6.81. The van der Waals surface area contributed by atoms with Gasteiger partial charge in [-0.25, -0.2) is 0 Å². The fourth-order valence-electron chi connectivity index (χ4n) is 2.18. The molecule has 0 spiro atoms. The molecule has 1 saturated carbocycles. The molecule has 0 heterocycles. The molecule has 0 atom stereocenters. The van der Waals surface area contributed by atoms with Crippen molar-refractivity contribution in [2.24, 2.45) is 5.73 Å². The summed E-state index contributed by atoms with van der Waals surface area (Å²) in [6.45, 7) is 5.77. The van der Waals surface area contributed by atoms with Crippen molar-refractivity contribution in [3.8, 4) is 0 Å². The van der Waals surface area contributed by atoms with E-state index in [1.807, 2.05) is 26.0 Å². The van der Waals surface area contributed by atoms with E-state index in [4.69, 9.17) is 5.73 Å². The molecule has 3 N–H and O–H groups in total. The maximum atomic E-state index is 12.2. The second kappa shape index (κ2) is 6.26. The van der Waals surface area contributed by atoms with Crippen molar-refractivity contribution in [1.82, 2.24) is 10.2 Å². The Morgan fingerprint density at radius 3 is 2.24 bits per heavy atom. The van der Waals surface area contributed by atoms with Crippen molar-refractivity contribution in [2.45, 2.75) is 38.8 Å². The van der Waals surface area contributed by atoms with Crippen LogP contribution in [0, 0.1) is 0 Å². The smallest absolute Gasteiger partial charge is 0.253 e. The number of carbonyl (C=O) groups is 2. The molecule has 2 amide bonds. The topological polar surface area (TPSA) is 75.4 Å². The third-order valence-electron chi connectivity index (χ3n) is 3.95. The molecule has 0 aliphatic heterocycles. The standard InChI is InChI=1S/C16H23N3O2/c1-3-19(4-2)14(20)13-7-5-12(6-8-13)11-18-15(21)16(17)9-10-16/h5-8H,3-4,9-11,17H2,1-2H3,(H,18,21). The Balaban J connectivity index is 1.92. The lowest BCUT2D eigenvalue weighted by Crippen LogP contribution is -2.42. The molecule has 5 heteroatoms. The summed E-state index contributed by atoms with van der Waals surface area (Å²) < 4.78 is 0. The Morgan fingerprint density at radius 1 is 1.19 bits per heavy atom. The average molecular weight is 289 g/mol. The number of hydrogen-bond donors (Lipinski definition) is 2. The number of nitrogens with zero attached hydrogens (tertiary/aromatic N) is 1. The van der Waals surface area contributed by atoms with Gasteiger partial charge in [0.1, 0.15) is 0 Å². The van der Waals surface area contributed by atoms with Gasteiger partial charge in [-0.1, -0.05) is 12.1 Å². The maximum absolute atomic E-state index is 12.2. The van der Waals surface area contributed by atoms with Crippen molar-refractivity contribution in [1.29, 1.82) is 0 Å². The van der Waals surface area contributed by atoms with E-state index in [0.29, 0.717) is 25.2 Å². The zero-order valence-electron chi connectivity index (χ0n) is 12.7. The molecule has 0 saturated heterocycles. The second-order valence-corrected chi connectivity index (χ2v) is 5.51. The van der Waals surface area contributed by atoms with Gasteiger partial charge in [-0.3, -0.25) is 9.59 Å². The van der Waals surface area contributed by atoms with Crippen molar-refractivity contribution in [3.05, 3.63) is 35.4 Å². The first kappa shape index (κ1) is 15.5. The van der Waals surface area contributed by atoms with Gasteiger partial charge in [0.05, 0.1) is 5.54 Å². The minimum Gasteiger partial charge on any atom is -0.350 e. The molecule has 0 bridgehead atoms. The number of nitrogens with two attached hydrogens (primary N) is 1. The van der Waals surface area contributed by atoms with Crippen molar-refractivity contribution in [2.75, 3.05) is 13.1 Å². The second-order valence-electron chi connectivity index (χ2n) is 5.51. The van der Waals surface area contributed by atoms with E-state index in [1.165, 1.54) is 0 Å². The summed E-state index contributed by atoms with van der Waals surface area (Å²) in [6, 6.07) is 7.34. The molecular formula is C16H23N3O2. The third kappa shape index (κ3) is 3.61. The van der Waals surface area contributed by atoms with Gasteiger partial charge in [0.25, 0.3) is 5.91 Å². The molecule has 1 aliphatic carbocycles. The fraction of sp³-hybridized carbons (Fsp3) is 0.500. The summed E-state index contributed by atoms with van der Waals surface area (Å²) in [5, 5.41) is 2.84. The predicted octanol–water partition coefficient (Wildman–Crippen LogP) is 1.28. The SMILES string of the molecule is CCN(CC)C(=O)c1ccc(CNC(=O)C2(N)CC2)cc1. The first-order valence-electron chi connectivity index (χ1n) is 7.45. The molecule has 1 aromatic rings. The largest absolute Gasteiger partial charge is 0.350 e. The highest BCUT2D eigenvalue weighted by Crippen LogP contribution is 2.32. The lowest BCUT2D eigenvalue weighted by atomic mass is 10.1. The molecule has 1 fully saturated rings. The van der Waals surface area contributed by atoms with E-state index < -0.39 is 5.54 Å². The van der Waals surface area contributed by atoms with Crippen LogP contribution in [-0.4, -0.2) is 35.3 Å². The van der Waals surface area contributed by atoms with Crippen molar-refractivity contribution >= 4 is 11.8 Å². The fourth-order valence-corrected chi connectivity index (χ4v) is 2.18. The molecule has 1 aromatic carbocycles. The van der Waals surface area contributed by atoms with Crippen LogP contribution in [0.5, 0.6) is 0 Å². The van der Waals surface area contributed by atoms with Crippen LogP contribution in [0.25, 0.3) is 0 Å². The Bertz CT molecular complexity index is 517. The van der Waals surface area contributed by atoms with Crippen molar-refractivity contribution in [3.63, 3.8) is 0 Å². The van der Waals surface area contributed by atoms with Crippen LogP contribution >= 0.6 is 0 Å². The number of hydrogen-bond acceptors (Lipinski definition) is 3. The van der Waals surface area contributed by atoms with Crippen LogP contribution in [0.4, 0.5) is 0 Å². The summed E-state index contributed by atoms with van der Waals surface area (Å²) >= 11 is 0. The summed E-state index contributed by atoms with van der Waals surface area (Å²) in [6.07, 6.45) is 1.52. The number of amides is 2. The molecule has 5 nitrogen and oxygen atoms in total. The Kier molecular flexibility index (Phi) is 4.63. The van der Waals surface area contributed by atoms with Crippen LogP contribution in [0.2, 0.25) is 0 Å². The minimum atomic E-state index is -0.640. The number of nitrogens with one attached hydrogen (secondary N) is 1. The van der Waals surface area contributed by atoms with Gasteiger partial charge in [-0.15, -0.1) is 0 Å². The lowest BCUT2D eigenvalue weighted by Gasteiger charge is -2.18. The minimum absolute atomic E-state index is 0.0366. The quantitative estimate of drug-likeness (QED) is 0.828. The van der Waals surface area contributed by atoms with Gasteiger partial charge in [0.2, 0.25) is 5.91 Å². The molecule has 0 aromatic heterocycles. The van der Waals surface area contributed by atoms with E-state index in [9.17, 15) is 9.59 Å². The van der Waals surface area contributed by atoms with Gasteiger partial charge in [0, 0.05) is 25.2 Å². The normalized spacial score (nSPS) is 15.4. The first-order valence-corrected chi connectivity index (χ1v) is 7.45. The van der Waals surface area contributed by atoms with E-state index in [2.05, 4.69) is 5.32 Å². The van der Waals surface area contributed by atoms with Crippen LogP contribution in [0.15, 0.2) is 24.3 Å². The van der Waals surface area contributed by atoms with E-state index >= 15 is 0 Å². The Labute approximate surface area is 125 Å². The van der Waals surface area contributed by atoms with Gasteiger partial charge in [-0.05, 0) is 44.4 Å². The summed E-state index contributed by atoms with van der Waals surface area (Å²) in [7, 11) is 0. The number of benzene rings is 1. The monoisotopic (exact) mass is 289 g/mol. The van der Waals surface area contributed by atoms with Crippen LogP contribution < -0.4 is 11.1 Å². The zero-order valence-corrected chi connectivity index (χ0v) is 12.7. The van der Waals surface area contributed by atoms with E-state index in [0.717, 1.165) is 18.4 Å². The van der Waals surface area contributed by atoms with Gasteiger partial charge in [0.15, 0.2) is 0 Å². The summed E-state index contributed by atoms with van der Waals surface area (Å²) in [4.78, 5) is 25.7. The van der Waals surface area contributed by atoms with Gasteiger partial charge < -0.3 is 16.0 Å². The van der Waals surface area contributed by atoms with Crippen LogP contribution in [-0.2, 0) is 11.3 Å². The molecule has 2 rings (SSSR count). The molecular weight excluding hydrogens is 266 g/mol. The Hall–Kier alpha value is -1.88. The highest BCUT2D eigenvalue weighted by Gasteiger charge is 2.45. The number of carbonyl (C=O) groups excluding carboxylic acids is 2. The molecule has 1 aliphatic rings. The lowest BCUT2D eigenvalue weighted by molar-refractivity contribution is -0.123. The first-order chi connectivity index (χ1) is 10.00. The predicted molar refractivity (Wildman–Crippen MR) is 81.7 cm³/mol. The summed E-state index contributed by atoms with van der Waals surface area (Å²) in [5.74, 6) is -0.0553. The van der Waals surface area contributed by atoms with Crippen molar-refractivity contribution < 1.29 is 9.59 Å². The van der Waals surface area contributed by atoms with Crippen LogP contribution in [0.3, 0.4) is 0 Å². The van der Waals surface area contributed by atoms with Gasteiger partial charge in [-0.2, -0.15) is 0 Å². The molecule has 0 radical (unpaired) electrons. The molecule has 21 heavy (non-hydrogen) atoms. The Morgan fingerprint density at radius 2 is 1.76 bits per heavy atom. The average Bonchev–Trinajstić information content (AvgIpc) is 3.25. The maximum Gasteiger partial charge on any atom is 0.253 e. The van der Waals surface area contributed by atoms with Crippen LogP contribution in [0.1, 0.15) is 42.6 Å². The molecule has 114 valence electrons. The third-order valence-corrected chi connectivity index (χ3v) is 3.95. The molecule has 0 unspecified atom stereocenters. The highest BCUT2D eigenvalue weighted by molar-refractivity contribution is 5.94. The van der Waals surface area contributed by atoms with Gasteiger partial charge >= 0.3 is 0 Å².